The van der Waals surface area contributed by atoms with Crippen LogP contribution in [0.15, 0.2) is 194 Å². The summed E-state index contributed by atoms with van der Waals surface area (Å²) in [5, 5.41) is 12.6. The van der Waals surface area contributed by atoms with E-state index in [-0.39, 0.29) is 0 Å². The van der Waals surface area contributed by atoms with Crippen LogP contribution in [0.2, 0.25) is 0 Å². The van der Waals surface area contributed by atoms with Crippen LogP contribution >= 0.6 is 0 Å². The summed E-state index contributed by atoms with van der Waals surface area (Å²) in [6.45, 7) is 0. The predicted molar refractivity (Wildman–Crippen MR) is 216 cm³/mol. The lowest BCUT2D eigenvalue weighted by Crippen LogP contribution is -1.93. The van der Waals surface area contributed by atoms with E-state index in [0.29, 0.717) is 0 Å². The number of hydrogen-bond acceptors (Lipinski definition) is 0. The lowest BCUT2D eigenvalue weighted by Gasteiger charge is -2.20. The van der Waals surface area contributed by atoms with Crippen molar-refractivity contribution in [3.8, 4) is 44.5 Å². The van der Waals surface area contributed by atoms with Crippen LogP contribution in [-0.4, -0.2) is 0 Å². The van der Waals surface area contributed by atoms with Gasteiger partial charge in [-0.2, -0.15) is 0 Å². The highest BCUT2D eigenvalue weighted by Gasteiger charge is 2.20. The highest BCUT2D eigenvalue weighted by atomic mass is 14.2. The van der Waals surface area contributed by atoms with Gasteiger partial charge in [0.2, 0.25) is 0 Å². The molecular formula is C50H32. The molecule has 0 bridgehead atoms. The van der Waals surface area contributed by atoms with Crippen molar-refractivity contribution in [2.45, 2.75) is 0 Å². The van der Waals surface area contributed by atoms with Gasteiger partial charge in [0.25, 0.3) is 0 Å². The van der Waals surface area contributed by atoms with Crippen LogP contribution in [0.5, 0.6) is 0 Å². The van der Waals surface area contributed by atoms with Crippen LogP contribution in [0, 0.1) is 0 Å². The van der Waals surface area contributed by atoms with Gasteiger partial charge < -0.3 is 0 Å². The average molecular weight is 633 g/mol. The van der Waals surface area contributed by atoms with Crippen molar-refractivity contribution in [1.82, 2.24) is 0 Å². The van der Waals surface area contributed by atoms with Gasteiger partial charge in [0.15, 0.2) is 0 Å². The largest absolute Gasteiger partial charge is 0.0616 e. The summed E-state index contributed by atoms with van der Waals surface area (Å²) in [4.78, 5) is 0. The van der Waals surface area contributed by atoms with Crippen LogP contribution in [0.4, 0.5) is 0 Å². The van der Waals surface area contributed by atoms with Gasteiger partial charge >= 0.3 is 0 Å². The topological polar surface area (TPSA) is 0 Å². The lowest BCUT2D eigenvalue weighted by atomic mass is 9.83. The predicted octanol–water partition coefficient (Wildman–Crippen LogP) is 14.1. The van der Waals surface area contributed by atoms with E-state index < -0.39 is 0 Å². The summed E-state index contributed by atoms with van der Waals surface area (Å²) in [6.07, 6.45) is 0. The van der Waals surface area contributed by atoms with Crippen molar-refractivity contribution in [2.75, 3.05) is 0 Å². The Bertz CT molecular complexity index is 2920. The summed E-state index contributed by atoms with van der Waals surface area (Å²) in [6, 6.07) is 71.4. The molecule has 0 atom stereocenters. The second-order valence-corrected chi connectivity index (χ2v) is 13.3. The van der Waals surface area contributed by atoms with Gasteiger partial charge in [-0.3, -0.25) is 0 Å². The fourth-order valence-electron chi connectivity index (χ4n) is 8.07. The van der Waals surface area contributed by atoms with Crippen molar-refractivity contribution in [1.29, 1.82) is 0 Å². The normalized spacial score (nSPS) is 11.6. The van der Waals surface area contributed by atoms with E-state index >= 15 is 0 Å². The van der Waals surface area contributed by atoms with Crippen LogP contribution in [0.1, 0.15) is 0 Å². The number of fused-ring (bicyclic) bond motifs is 5. The van der Waals surface area contributed by atoms with Crippen LogP contribution in [-0.2, 0) is 0 Å². The maximum atomic E-state index is 2.44. The molecule has 50 heavy (non-hydrogen) atoms. The summed E-state index contributed by atoms with van der Waals surface area (Å²) in [5.74, 6) is 0. The van der Waals surface area contributed by atoms with E-state index in [1.807, 2.05) is 0 Å². The van der Waals surface area contributed by atoms with Gasteiger partial charge in [-0.15, -0.1) is 0 Å². The molecule has 0 saturated heterocycles. The zero-order valence-corrected chi connectivity index (χ0v) is 27.5. The Kier molecular flexibility index (Phi) is 6.60. The molecule has 0 spiro atoms. The molecule has 232 valence electrons. The minimum Gasteiger partial charge on any atom is -0.0616 e. The number of rotatable bonds is 4. The molecule has 0 aliphatic carbocycles. The molecule has 0 N–H and O–H groups in total. The Morgan fingerprint density at radius 3 is 1.26 bits per heavy atom. The first-order valence-corrected chi connectivity index (χ1v) is 17.3. The van der Waals surface area contributed by atoms with E-state index in [1.165, 1.54) is 98.4 Å². The fourth-order valence-corrected chi connectivity index (χ4v) is 8.07. The van der Waals surface area contributed by atoms with Gasteiger partial charge in [0, 0.05) is 0 Å². The van der Waals surface area contributed by atoms with Gasteiger partial charge in [0.05, 0.1) is 0 Å². The molecule has 0 aliphatic heterocycles. The lowest BCUT2D eigenvalue weighted by molar-refractivity contribution is 1.61. The first-order valence-electron chi connectivity index (χ1n) is 17.3. The number of benzene rings is 10. The maximum Gasteiger partial charge on any atom is -0.00199 e. The zero-order chi connectivity index (χ0) is 33.0. The minimum absolute atomic E-state index is 1.21. The zero-order valence-electron chi connectivity index (χ0n) is 27.5. The molecule has 10 aromatic carbocycles. The Labute approximate surface area is 291 Å². The molecule has 0 amide bonds. The minimum atomic E-state index is 1.21. The standard InChI is InChI=1S/C50H32/c1-2-15-36-30-39(27-26-33(36)12-1)37-18-9-19-38(31-37)40-28-29-47-48(32-40)50(44-25-11-17-35-14-4-6-21-42(35)44)46-23-8-7-22-45(46)49(47)43-24-10-16-34-13-3-5-20-41(34)43/h1-32H. The molecule has 0 heterocycles. The molecule has 0 unspecified atom stereocenters. The Hall–Kier alpha value is -6.50. The van der Waals surface area contributed by atoms with Crippen molar-refractivity contribution < 1.29 is 0 Å². The molecule has 0 saturated carbocycles. The molecular weight excluding hydrogens is 601 g/mol. The monoisotopic (exact) mass is 632 g/mol. The smallest absolute Gasteiger partial charge is 0.00199 e. The Balaban J connectivity index is 1.28. The van der Waals surface area contributed by atoms with Crippen molar-refractivity contribution in [3.63, 3.8) is 0 Å². The van der Waals surface area contributed by atoms with Gasteiger partial charge in [0.1, 0.15) is 0 Å². The van der Waals surface area contributed by atoms with Crippen molar-refractivity contribution in [2.24, 2.45) is 0 Å². The molecule has 0 radical (unpaired) electrons. The first-order chi connectivity index (χ1) is 24.8. The molecule has 0 nitrogen and oxygen atoms in total. The molecule has 0 fully saturated rings. The summed E-state index contributed by atoms with van der Waals surface area (Å²) >= 11 is 0. The molecule has 0 aromatic heterocycles. The third kappa shape index (κ3) is 4.61. The van der Waals surface area contributed by atoms with Gasteiger partial charge in [-0.25, -0.2) is 0 Å². The molecule has 10 aromatic rings. The van der Waals surface area contributed by atoms with Gasteiger partial charge in [-0.05, 0) is 117 Å². The average Bonchev–Trinajstić information content (AvgIpc) is 3.19. The number of hydrogen-bond donors (Lipinski definition) is 0. The molecule has 0 aliphatic rings. The second-order valence-electron chi connectivity index (χ2n) is 13.3. The summed E-state index contributed by atoms with van der Waals surface area (Å²) in [5.41, 5.74) is 9.96. The highest BCUT2D eigenvalue weighted by Crippen LogP contribution is 2.47. The van der Waals surface area contributed by atoms with E-state index in [1.54, 1.807) is 0 Å². The Morgan fingerprint density at radius 2 is 0.620 bits per heavy atom. The Morgan fingerprint density at radius 1 is 0.200 bits per heavy atom. The SMILES string of the molecule is c1cc(-c2ccc3ccccc3c2)cc(-c2ccc3c(-c4cccc5ccccc45)c4ccccc4c(-c4cccc5ccccc45)c3c2)c1. The highest BCUT2D eigenvalue weighted by molar-refractivity contribution is 6.25. The summed E-state index contributed by atoms with van der Waals surface area (Å²) in [7, 11) is 0. The van der Waals surface area contributed by atoms with E-state index in [2.05, 4.69) is 194 Å². The van der Waals surface area contributed by atoms with Crippen molar-refractivity contribution >= 4 is 53.9 Å². The molecule has 0 heteroatoms. The third-order valence-corrected chi connectivity index (χ3v) is 10.4. The fraction of sp³-hybridized carbons (Fsp3) is 0. The van der Waals surface area contributed by atoms with Crippen LogP contribution in [0.3, 0.4) is 0 Å². The van der Waals surface area contributed by atoms with E-state index in [0.717, 1.165) is 0 Å². The van der Waals surface area contributed by atoms with E-state index in [4.69, 9.17) is 0 Å². The van der Waals surface area contributed by atoms with Crippen LogP contribution in [0.25, 0.3) is 98.4 Å². The maximum absolute atomic E-state index is 2.44. The quantitative estimate of drug-likeness (QED) is 0.169. The molecule has 10 rings (SSSR count). The summed E-state index contributed by atoms with van der Waals surface area (Å²) < 4.78 is 0. The van der Waals surface area contributed by atoms with Crippen LogP contribution < -0.4 is 0 Å². The van der Waals surface area contributed by atoms with Gasteiger partial charge in [-0.1, -0.05) is 176 Å². The first kappa shape index (κ1) is 28.5. The third-order valence-electron chi connectivity index (χ3n) is 10.4. The van der Waals surface area contributed by atoms with Crippen molar-refractivity contribution in [3.05, 3.63) is 194 Å². The van der Waals surface area contributed by atoms with E-state index in [9.17, 15) is 0 Å². The second kappa shape index (κ2) is 11.6.